The normalized spacial score (nSPS) is 23.2. The van der Waals surface area contributed by atoms with E-state index in [1.807, 2.05) is 0 Å². The first kappa shape index (κ1) is 23.9. The zero-order chi connectivity index (χ0) is 21.8. The molecule has 3 atom stereocenters. The number of carbonyl (C=O) groups is 5. The molecule has 0 aromatic rings. The quantitative estimate of drug-likeness (QED) is 0.370. The van der Waals surface area contributed by atoms with Crippen LogP contribution in [-0.4, -0.2) is 60.4 Å². The van der Waals surface area contributed by atoms with Crippen LogP contribution in [0.4, 0.5) is 4.79 Å². The second-order valence-electron chi connectivity index (χ2n) is 6.65. The molecule has 1 rings (SSSR count). The third kappa shape index (κ3) is 9.54. The molecule has 10 nitrogen and oxygen atoms in total. The lowest BCUT2D eigenvalue weighted by Crippen LogP contribution is -2.46. The van der Waals surface area contributed by atoms with Gasteiger partial charge >= 0.3 is 12.0 Å². The summed E-state index contributed by atoms with van der Waals surface area (Å²) in [6, 6.07) is -2.06. The number of carbonyl (C=O) groups excluding carboxylic acids is 4. The van der Waals surface area contributed by atoms with Gasteiger partial charge in [-0.05, 0) is 19.8 Å². The van der Waals surface area contributed by atoms with Crippen molar-refractivity contribution >= 4 is 29.6 Å². The van der Waals surface area contributed by atoms with Crippen LogP contribution >= 0.6 is 0 Å². The maximum absolute atomic E-state index is 12.7. The third-order valence-corrected chi connectivity index (χ3v) is 4.21. The molecule has 1 aliphatic heterocycles. The number of aliphatic carboxylic acids is 1. The maximum Gasteiger partial charge on any atom is 0.315 e. The van der Waals surface area contributed by atoms with Crippen molar-refractivity contribution in [3.8, 4) is 0 Å². The standard InChI is InChI=1S/C19H28N4O6/c1-12-6-8-16(25)21-10-4-3-5-13(18(28)22-12)11-15(24)14(7-9-17(26)27)23-19(29)20-2/h3,5-6,8,12-14H,4,7,9-11H2,1-2H3,(H,21,25)(H,22,28)(H,26,27)(H2,20,23,29)/b5-3+,8-6+/t12-,13+,14?/m0/s1. The Morgan fingerprint density at radius 1 is 1.28 bits per heavy atom. The largest absolute Gasteiger partial charge is 0.481 e. The summed E-state index contributed by atoms with van der Waals surface area (Å²) in [5, 5.41) is 19.0. The lowest BCUT2D eigenvalue weighted by atomic mass is 9.94. The van der Waals surface area contributed by atoms with Gasteiger partial charge in [-0.25, -0.2) is 4.79 Å². The van der Waals surface area contributed by atoms with Gasteiger partial charge in [-0.1, -0.05) is 18.2 Å². The zero-order valence-electron chi connectivity index (χ0n) is 16.6. The molecule has 0 fully saturated rings. The second kappa shape index (κ2) is 12.3. The van der Waals surface area contributed by atoms with E-state index in [4.69, 9.17) is 5.11 Å². The van der Waals surface area contributed by atoms with Crippen LogP contribution in [0.15, 0.2) is 24.3 Å². The van der Waals surface area contributed by atoms with E-state index in [2.05, 4.69) is 21.3 Å². The van der Waals surface area contributed by atoms with Gasteiger partial charge in [0.25, 0.3) is 0 Å². The summed E-state index contributed by atoms with van der Waals surface area (Å²) in [6.07, 6.45) is 6.08. The number of Topliss-reactive ketones (excluding diaryl/α,β-unsaturated/α-hetero) is 1. The minimum atomic E-state index is -1.09. The first-order chi connectivity index (χ1) is 13.7. The molecule has 0 radical (unpaired) electrons. The Hall–Kier alpha value is -3.17. The smallest absolute Gasteiger partial charge is 0.315 e. The van der Waals surface area contributed by atoms with Gasteiger partial charge in [0, 0.05) is 38.6 Å². The van der Waals surface area contributed by atoms with E-state index in [1.54, 1.807) is 25.2 Å². The van der Waals surface area contributed by atoms with E-state index in [1.165, 1.54) is 13.1 Å². The Balaban J connectivity index is 2.91. The van der Waals surface area contributed by atoms with Crippen LogP contribution in [0, 0.1) is 5.92 Å². The molecular formula is C19H28N4O6. The highest BCUT2D eigenvalue weighted by Crippen LogP contribution is 2.13. The van der Waals surface area contributed by atoms with Crippen molar-refractivity contribution in [3.63, 3.8) is 0 Å². The Kier molecular flexibility index (Phi) is 10.1. The average Bonchev–Trinajstić information content (AvgIpc) is 2.66. The molecule has 0 aromatic heterocycles. The molecule has 0 aliphatic carbocycles. The minimum Gasteiger partial charge on any atom is -0.481 e. The number of rotatable bonds is 7. The van der Waals surface area contributed by atoms with Crippen LogP contribution in [0.3, 0.4) is 0 Å². The van der Waals surface area contributed by atoms with Gasteiger partial charge in [0.05, 0.1) is 12.0 Å². The molecule has 1 unspecified atom stereocenters. The predicted molar refractivity (Wildman–Crippen MR) is 105 cm³/mol. The highest BCUT2D eigenvalue weighted by Gasteiger charge is 2.27. The van der Waals surface area contributed by atoms with Crippen molar-refractivity contribution in [2.45, 2.75) is 44.7 Å². The van der Waals surface area contributed by atoms with E-state index in [-0.39, 0.29) is 25.2 Å². The fourth-order valence-corrected chi connectivity index (χ4v) is 2.63. The van der Waals surface area contributed by atoms with Crippen LogP contribution in [0.2, 0.25) is 0 Å². The van der Waals surface area contributed by atoms with Crippen molar-refractivity contribution in [2.75, 3.05) is 13.6 Å². The average molecular weight is 408 g/mol. The van der Waals surface area contributed by atoms with Crippen molar-refractivity contribution in [3.05, 3.63) is 24.3 Å². The van der Waals surface area contributed by atoms with Gasteiger partial charge in [0.2, 0.25) is 11.8 Å². The first-order valence-electron chi connectivity index (χ1n) is 9.38. The summed E-state index contributed by atoms with van der Waals surface area (Å²) in [4.78, 5) is 59.3. The summed E-state index contributed by atoms with van der Waals surface area (Å²) < 4.78 is 0. The maximum atomic E-state index is 12.7. The predicted octanol–water partition coefficient (Wildman–Crippen LogP) is -0.139. The number of hydrogen-bond acceptors (Lipinski definition) is 5. The SMILES string of the molecule is CNC(=O)NC(CCC(=O)O)C(=O)C[C@H]1/C=C/CCNC(=O)/C=C/[C@H](C)NC1=O. The van der Waals surface area contributed by atoms with E-state index in [0.717, 1.165) is 0 Å². The summed E-state index contributed by atoms with van der Waals surface area (Å²) >= 11 is 0. The number of amides is 4. The molecule has 1 aliphatic rings. The van der Waals surface area contributed by atoms with Crippen molar-refractivity contribution in [1.29, 1.82) is 0 Å². The van der Waals surface area contributed by atoms with Gasteiger partial charge in [0.1, 0.15) is 0 Å². The molecule has 5 N–H and O–H groups in total. The summed E-state index contributed by atoms with van der Waals surface area (Å²) in [5.41, 5.74) is 0. The van der Waals surface area contributed by atoms with E-state index in [9.17, 15) is 24.0 Å². The highest BCUT2D eigenvalue weighted by atomic mass is 16.4. The van der Waals surface area contributed by atoms with E-state index >= 15 is 0 Å². The minimum absolute atomic E-state index is 0.0786. The molecule has 10 heteroatoms. The molecule has 0 aromatic carbocycles. The molecule has 0 spiro atoms. The fraction of sp³-hybridized carbons (Fsp3) is 0.526. The van der Waals surface area contributed by atoms with Crippen molar-refractivity contribution in [2.24, 2.45) is 5.92 Å². The molecule has 0 bridgehead atoms. The number of carboxylic acids is 1. The molecule has 0 saturated heterocycles. The first-order valence-corrected chi connectivity index (χ1v) is 9.38. The molecular weight excluding hydrogens is 380 g/mol. The summed E-state index contributed by atoms with van der Waals surface area (Å²) in [6.45, 7) is 2.08. The van der Waals surface area contributed by atoms with Gasteiger partial charge < -0.3 is 26.4 Å². The number of hydrogen-bond donors (Lipinski definition) is 5. The summed E-state index contributed by atoms with van der Waals surface area (Å²) in [7, 11) is 1.38. The molecule has 29 heavy (non-hydrogen) atoms. The monoisotopic (exact) mass is 408 g/mol. The topological polar surface area (TPSA) is 154 Å². The van der Waals surface area contributed by atoms with Crippen molar-refractivity contribution < 1.29 is 29.1 Å². The van der Waals surface area contributed by atoms with Crippen molar-refractivity contribution in [1.82, 2.24) is 21.3 Å². The Morgan fingerprint density at radius 2 is 2.00 bits per heavy atom. The van der Waals surface area contributed by atoms with Gasteiger partial charge in [-0.2, -0.15) is 0 Å². The van der Waals surface area contributed by atoms with Crippen LogP contribution in [0.5, 0.6) is 0 Å². The molecule has 160 valence electrons. The number of nitrogens with one attached hydrogen (secondary N) is 4. The Morgan fingerprint density at radius 3 is 2.66 bits per heavy atom. The van der Waals surface area contributed by atoms with Crippen LogP contribution in [-0.2, 0) is 19.2 Å². The lowest BCUT2D eigenvalue weighted by molar-refractivity contribution is -0.137. The fourth-order valence-electron chi connectivity index (χ4n) is 2.63. The molecule has 0 saturated carbocycles. The van der Waals surface area contributed by atoms with Gasteiger partial charge in [0.15, 0.2) is 5.78 Å². The summed E-state index contributed by atoms with van der Waals surface area (Å²) in [5.74, 6) is -2.97. The van der Waals surface area contributed by atoms with Crippen LogP contribution in [0.1, 0.15) is 32.6 Å². The zero-order valence-corrected chi connectivity index (χ0v) is 16.6. The Labute approximate surface area is 169 Å². The number of carboxylic acid groups (broad SMARTS) is 1. The van der Waals surface area contributed by atoms with Gasteiger partial charge in [-0.15, -0.1) is 0 Å². The molecule has 1 heterocycles. The highest BCUT2D eigenvalue weighted by molar-refractivity contribution is 5.93. The van der Waals surface area contributed by atoms with Gasteiger partial charge in [-0.3, -0.25) is 19.2 Å². The molecule has 4 amide bonds. The third-order valence-electron chi connectivity index (χ3n) is 4.21. The van der Waals surface area contributed by atoms with E-state index in [0.29, 0.717) is 13.0 Å². The number of ketones is 1. The van der Waals surface area contributed by atoms with E-state index < -0.39 is 41.7 Å². The Bertz CT molecular complexity index is 688. The lowest BCUT2D eigenvalue weighted by Gasteiger charge is -2.20. The second-order valence-corrected chi connectivity index (χ2v) is 6.65. The van der Waals surface area contributed by atoms with Crippen LogP contribution < -0.4 is 21.3 Å². The number of urea groups is 1. The van der Waals surface area contributed by atoms with Crippen LogP contribution in [0.25, 0.3) is 0 Å².